The highest BCUT2D eigenvalue weighted by Crippen LogP contribution is 2.25. The molecular weight excluding hydrogens is 454 g/mol. The molecule has 166 valence electrons. The van der Waals surface area contributed by atoms with Crippen LogP contribution in [-0.4, -0.2) is 64.0 Å². The molecule has 0 bridgehead atoms. The summed E-state index contributed by atoms with van der Waals surface area (Å²) >= 11 is 15.1. The first-order chi connectivity index (χ1) is 13.5. The fourth-order valence-corrected chi connectivity index (χ4v) is 2.79. The lowest BCUT2D eigenvalue weighted by Gasteiger charge is -2.36. The normalized spacial score (nSPS) is 12.7. The molecule has 10 heteroatoms. The Bertz CT molecular complexity index is 804. The first-order valence-corrected chi connectivity index (χ1v) is 9.81. The van der Waals surface area contributed by atoms with Gasteiger partial charge in [-0.15, -0.1) is 23.2 Å². The summed E-state index contributed by atoms with van der Waals surface area (Å²) in [6.45, 7) is 2.50. The van der Waals surface area contributed by atoms with Crippen LogP contribution < -0.4 is 4.90 Å². The number of rotatable bonds is 4. The van der Waals surface area contributed by atoms with Crippen LogP contribution in [-0.2, 0) is 9.59 Å². The van der Waals surface area contributed by atoms with Crippen molar-refractivity contribution >= 4 is 51.6 Å². The average Bonchev–Trinajstić information content (AvgIpc) is 2.74. The number of piperazine rings is 1. The molecule has 30 heavy (non-hydrogen) atoms. The fourth-order valence-electron chi connectivity index (χ4n) is 2.62. The molecule has 2 aromatic rings. The van der Waals surface area contributed by atoms with Gasteiger partial charge >= 0.3 is 0 Å². The van der Waals surface area contributed by atoms with Gasteiger partial charge in [-0.3, -0.25) is 9.59 Å². The quantitative estimate of drug-likeness (QED) is 0.479. The zero-order chi connectivity index (χ0) is 20.5. The molecule has 0 atom stereocenters. The van der Waals surface area contributed by atoms with Crippen molar-refractivity contribution < 1.29 is 14.0 Å². The van der Waals surface area contributed by atoms with Gasteiger partial charge in [0.15, 0.2) is 5.82 Å². The summed E-state index contributed by atoms with van der Waals surface area (Å²) in [5.41, 5.74) is 1.17. The maximum absolute atomic E-state index is 14.4. The van der Waals surface area contributed by atoms with Gasteiger partial charge in [0.05, 0.1) is 11.4 Å². The molecule has 1 aromatic heterocycles. The summed E-state index contributed by atoms with van der Waals surface area (Å²) in [6, 6.07) is 6.73. The van der Waals surface area contributed by atoms with Gasteiger partial charge in [-0.1, -0.05) is 14.9 Å². The molecule has 1 fully saturated rings. The second-order valence-electron chi connectivity index (χ2n) is 5.73. The zero-order valence-corrected chi connectivity index (χ0v) is 17.1. The predicted octanol–water partition coefficient (Wildman–Crippen LogP) is 4.43. The van der Waals surface area contributed by atoms with Gasteiger partial charge in [0.1, 0.15) is 11.7 Å². The molecule has 0 N–H and O–H groups in total. The standard InChI is InChI=1S/C16H16ClFN4O.C2H2Cl2O.2CH4/c17-11-15(23)22-8-6-21(7-9-22)12-2-3-13(14(18)10-12)16-19-4-1-5-20-16;3-1-2(4)5;;/h1-5,10H,6-9,11H2;1H2;2*1H4. The maximum atomic E-state index is 14.4. The van der Waals surface area contributed by atoms with Crippen molar-refractivity contribution in [3.8, 4) is 11.4 Å². The van der Waals surface area contributed by atoms with Crippen LogP contribution in [0.1, 0.15) is 14.9 Å². The minimum absolute atomic E-state index is 0. The summed E-state index contributed by atoms with van der Waals surface area (Å²) in [6.07, 6.45) is 3.17. The third kappa shape index (κ3) is 8.05. The summed E-state index contributed by atoms with van der Waals surface area (Å²) in [4.78, 5) is 32.9. The van der Waals surface area contributed by atoms with Gasteiger partial charge in [-0.25, -0.2) is 14.4 Å². The SMILES string of the molecule is C.C.O=C(CCl)N1CCN(c2ccc(-c3ncccn3)c(F)c2)CC1.O=C(Cl)CCl. The van der Waals surface area contributed by atoms with E-state index < -0.39 is 5.24 Å². The Morgan fingerprint density at radius 1 is 1.00 bits per heavy atom. The topological polar surface area (TPSA) is 66.4 Å². The Balaban J connectivity index is 0.00000108. The molecule has 0 aliphatic carbocycles. The lowest BCUT2D eigenvalue weighted by molar-refractivity contribution is -0.128. The van der Waals surface area contributed by atoms with Crippen molar-refractivity contribution in [2.24, 2.45) is 0 Å². The van der Waals surface area contributed by atoms with E-state index in [2.05, 4.69) is 14.9 Å². The summed E-state index contributed by atoms with van der Waals surface area (Å²) in [5, 5.41) is -0.508. The molecule has 0 saturated carbocycles. The first kappa shape index (κ1) is 28.0. The van der Waals surface area contributed by atoms with Gasteiger partial charge < -0.3 is 9.80 Å². The number of nitrogens with zero attached hydrogens (tertiary/aromatic N) is 4. The number of anilines is 1. The Morgan fingerprint density at radius 3 is 2.03 bits per heavy atom. The number of alkyl halides is 2. The number of amides is 1. The second kappa shape index (κ2) is 14.1. The van der Waals surface area contributed by atoms with Gasteiger partial charge in [0.2, 0.25) is 11.1 Å². The highest BCUT2D eigenvalue weighted by atomic mass is 35.5. The molecule has 1 amide bonds. The summed E-state index contributed by atoms with van der Waals surface area (Å²) in [7, 11) is 0. The average molecular weight is 480 g/mol. The van der Waals surface area contributed by atoms with Gasteiger partial charge in [0, 0.05) is 44.3 Å². The van der Waals surface area contributed by atoms with E-state index in [-0.39, 0.29) is 38.3 Å². The molecule has 1 saturated heterocycles. The van der Waals surface area contributed by atoms with E-state index in [1.165, 1.54) is 6.07 Å². The van der Waals surface area contributed by atoms with Gasteiger partial charge in [-0.05, 0) is 35.9 Å². The lowest BCUT2D eigenvalue weighted by Crippen LogP contribution is -2.49. The molecule has 0 spiro atoms. The molecule has 6 nitrogen and oxygen atoms in total. The van der Waals surface area contributed by atoms with Gasteiger partial charge in [0.25, 0.3) is 0 Å². The molecule has 0 radical (unpaired) electrons. The van der Waals surface area contributed by atoms with Crippen LogP contribution in [0.5, 0.6) is 0 Å². The number of benzene rings is 1. The van der Waals surface area contributed by atoms with Crippen molar-refractivity contribution in [2.75, 3.05) is 42.8 Å². The Hall–Kier alpha value is -1.96. The monoisotopic (exact) mass is 478 g/mol. The molecule has 1 aromatic carbocycles. The largest absolute Gasteiger partial charge is 0.368 e. The number of hydrogen-bond acceptors (Lipinski definition) is 5. The molecule has 1 aliphatic heterocycles. The summed E-state index contributed by atoms with van der Waals surface area (Å²) < 4.78 is 14.4. The number of aromatic nitrogens is 2. The van der Waals surface area contributed by atoms with Crippen LogP contribution in [0.15, 0.2) is 36.7 Å². The van der Waals surface area contributed by atoms with Crippen LogP contribution in [0, 0.1) is 5.82 Å². The van der Waals surface area contributed by atoms with Crippen LogP contribution in [0.2, 0.25) is 0 Å². The van der Waals surface area contributed by atoms with Crippen molar-refractivity contribution in [2.45, 2.75) is 14.9 Å². The highest BCUT2D eigenvalue weighted by Gasteiger charge is 2.21. The molecular formula is C20H26Cl3FN4O2. The lowest BCUT2D eigenvalue weighted by atomic mass is 10.1. The van der Waals surface area contributed by atoms with E-state index >= 15 is 0 Å². The smallest absolute Gasteiger partial charge is 0.237 e. The van der Waals surface area contributed by atoms with Crippen molar-refractivity contribution in [3.63, 3.8) is 0 Å². The van der Waals surface area contributed by atoms with Crippen LogP contribution in [0.3, 0.4) is 0 Å². The maximum Gasteiger partial charge on any atom is 0.237 e. The third-order valence-corrected chi connectivity index (χ3v) is 4.72. The Kier molecular flexibility index (Phi) is 13.2. The molecule has 2 heterocycles. The van der Waals surface area contributed by atoms with E-state index in [0.717, 1.165) is 5.69 Å². The second-order valence-corrected chi connectivity index (χ2v) is 6.68. The van der Waals surface area contributed by atoms with E-state index in [1.54, 1.807) is 29.4 Å². The Labute approximate surface area is 192 Å². The van der Waals surface area contributed by atoms with E-state index in [9.17, 15) is 14.0 Å². The number of carbonyl (C=O) groups is 2. The molecule has 0 unspecified atom stereocenters. The van der Waals surface area contributed by atoms with Crippen LogP contribution in [0.25, 0.3) is 11.4 Å². The van der Waals surface area contributed by atoms with Crippen LogP contribution >= 0.6 is 34.8 Å². The predicted molar refractivity (Wildman–Crippen MR) is 122 cm³/mol. The van der Waals surface area contributed by atoms with E-state index in [0.29, 0.717) is 37.6 Å². The number of carbonyl (C=O) groups excluding carboxylic acids is 2. The van der Waals surface area contributed by atoms with E-state index in [1.807, 2.05) is 6.07 Å². The van der Waals surface area contributed by atoms with Gasteiger partial charge in [-0.2, -0.15) is 0 Å². The van der Waals surface area contributed by atoms with Crippen molar-refractivity contribution in [3.05, 3.63) is 42.5 Å². The first-order valence-electron chi connectivity index (χ1n) is 8.36. The minimum atomic E-state index is -0.508. The zero-order valence-electron chi connectivity index (χ0n) is 14.8. The van der Waals surface area contributed by atoms with Crippen molar-refractivity contribution in [1.82, 2.24) is 14.9 Å². The van der Waals surface area contributed by atoms with Crippen molar-refractivity contribution in [1.29, 1.82) is 0 Å². The molecule has 1 aliphatic rings. The third-order valence-electron chi connectivity index (χ3n) is 3.98. The number of halogens is 4. The van der Waals surface area contributed by atoms with E-state index in [4.69, 9.17) is 34.8 Å². The molecule has 3 rings (SSSR count). The minimum Gasteiger partial charge on any atom is -0.368 e. The van der Waals surface area contributed by atoms with Crippen LogP contribution in [0.4, 0.5) is 10.1 Å². The highest BCUT2D eigenvalue weighted by molar-refractivity contribution is 6.67. The Morgan fingerprint density at radius 2 is 1.57 bits per heavy atom. The fraction of sp³-hybridized carbons (Fsp3) is 0.400. The number of hydrogen-bond donors (Lipinski definition) is 0. The summed E-state index contributed by atoms with van der Waals surface area (Å²) in [5.74, 6) is -0.141.